The van der Waals surface area contributed by atoms with Crippen LogP contribution in [0.3, 0.4) is 0 Å². The van der Waals surface area contributed by atoms with Gasteiger partial charge in [0.1, 0.15) is 5.82 Å². The van der Waals surface area contributed by atoms with E-state index in [1.54, 1.807) is 11.1 Å². The van der Waals surface area contributed by atoms with Crippen LogP contribution in [0.4, 0.5) is 5.82 Å². The first-order valence-electron chi connectivity index (χ1n) is 8.44. The zero-order valence-corrected chi connectivity index (χ0v) is 13.1. The van der Waals surface area contributed by atoms with Crippen LogP contribution in [0.2, 0.25) is 0 Å². The van der Waals surface area contributed by atoms with E-state index in [2.05, 4.69) is 40.2 Å². The number of hydrogen-bond donors (Lipinski definition) is 0. The predicted molar refractivity (Wildman–Crippen MR) is 92.7 cm³/mol. The maximum absolute atomic E-state index is 4.70. The lowest BCUT2D eigenvalue weighted by Crippen LogP contribution is -2.36. The average molecular weight is 301 g/mol. The van der Waals surface area contributed by atoms with Crippen molar-refractivity contribution in [1.29, 1.82) is 0 Å². The van der Waals surface area contributed by atoms with Gasteiger partial charge < -0.3 is 4.90 Å². The van der Waals surface area contributed by atoms with E-state index >= 15 is 0 Å². The standard InChI is InChI=1S/C20H19N3/c1-3-15-4-2-6-17-13-23(12-16(5-1)19(15)17)20-18-11-21-9-7-14(18)8-10-22-20/h1,3,5,7-11,17H,2,4,6,12-13H2. The van der Waals surface area contributed by atoms with Gasteiger partial charge in [-0.05, 0) is 53.5 Å². The van der Waals surface area contributed by atoms with E-state index in [4.69, 9.17) is 4.98 Å². The summed E-state index contributed by atoms with van der Waals surface area (Å²) >= 11 is 0. The molecule has 0 radical (unpaired) electrons. The molecule has 1 aliphatic heterocycles. The minimum atomic E-state index is 0.650. The number of rotatable bonds is 1. The number of nitrogens with zero attached hydrogens (tertiary/aromatic N) is 3. The van der Waals surface area contributed by atoms with Crippen LogP contribution < -0.4 is 4.90 Å². The Labute approximate surface area is 136 Å². The van der Waals surface area contributed by atoms with Crippen LogP contribution in [0.25, 0.3) is 10.8 Å². The van der Waals surface area contributed by atoms with E-state index in [0.717, 1.165) is 24.3 Å². The molecule has 0 saturated carbocycles. The van der Waals surface area contributed by atoms with Crippen molar-refractivity contribution in [3.05, 3.63) is 65.6 Å². The van der Waals surface area contributed by atoms with Gasteiger partial charge in [0.05, 0.1) is 0 Å². The summed E-state index contributed by atoms with van der Waals surface area (Å²) in [5.41, 5.74) is 4.69. The third kappa shape index (κ3) is 2.03. The molecule has 1 unspecified atom stereocenters. The number of aromatic nitrogens is 2. The summed E-state index contributed by atoms with van der Waals surface area (Å²) < 4.78 is 0. The van der Waals surface area contributed by atoms with Crippen molar-refractivity contribution >= 4 is 16.6 Å². The zero-order chi connectivity index (χ0) is 15.2. The first-order valence-corrected chi connectivity index (χ1v) is 8.44. The molecule has 3 aromatic rings. The van der Waals surface area contributed by atoms with Gasteiger partial charge in [-0.1, -0.05) is 18.2 Å². The number of fused-ring (bicyclic) bond motifs is 1. The quantitative estimate of drug-likeness (QED) is 0.678. The highest BCUT2D eigenvalue weighted by molar-refractivity contribution is 5.91. The van der Waals surface area contributed by atoms with E-state index in [1.807, 2.05) is 18.6 Å². The molecule has 2 aromatic heterocycles. The molecule has 0 bridgehead atoms. The lowest BCUT2D eigenvalue weighted by molar-refractivity contribution is 0.509. The summed E-state index contributed by atoms with van der Waals surface area (Å²) in [6.45, 7) is 2.03. The molecule has 0 N–H and O–H groups in total. The van der Waals surface area contributed by atoms with E-state index < -0.39 is 0 Å². The van der Waals surface area contributed by atoms with Crippen molar-refractivity contribution in [2.24, 2.45) is 0 Å². The summed E-state index contributed by atoms with van der Waals surface area (Å²) in [6.07, 6.45) is 9.57. The van der Waals surface area contributed by atoms with Crippen LogP contribution in [0.15, 0.2) is 48.9 Å². The first kappa shape index (κ1) is 13.1. The van der Waals surface area contributed by atoms with E-state index in [-0.39, 0.29) is 0 Å². The maximum Gasteiger partial charge on any atom is 0.138 e. The average Bonchev–Trinajstić information content (AvgIpc) is 2.61. The number of aryl methyl sites for hydroxylation is 1. The van der Waals surface area contributed by atoms with Crippen molar-refractivity contribution in [1.82, 2.24) is 9.97 Å². The van der Waals surface area contributed by atoms with E-state index in [1.165, 1.54) is 30.2 Å². The SMILES string of the molecule is c1cc2c3c(c1)CN(c1nccc4ccncc14)CC3CCC2. The van der Waals surface area contributed by atoms with Crippen molar-refractivity contribution in [3.63, 3.8) is 0 Å². The predicted octanol–water partition coefficient (Wildman–Crippen LogP) is 4.07. The molecule has 3 nitrogen and oxygen atoms in total. The molecule has 0 amide bonds. The van der Waals surface area contributed by atoms with Crippen LogP contribution in [-0.4, -0.2) is 16.5 Å². The lowest BCUT2D eigenvalue weighted by atomic mass is 9.77. The Morgan fingerprint density at radius 2 is 1.96 bits per heavy atom. The minimum absolute atomic E-state index is 0.650. The Morgan fingerprint density at radius 1 is 1.04 bits per heavy atom. The lowest BCUT2D eigenvalue weighted by Gasteiger charge is -2.39. The van der Waals surface area contributed by atoms with Gasteiger partial charge in [0.15, 0.2) is 0 Å². The second-order valence-electron chi connectivity index (χ2n) is 6.69. The van der Waals surface area contributed by atoms with Gasteiger partial charge in [-0.25, -0.2) is 4.98 Å². The van der Waals surface area contributed by atoms with E-state index in [9.17, 15) is 0 Å². The van der Waals surface area contributed by atoms with Crippen molar-refractivity contribution in [3.8, 4) is 0 Å². The fourth-order valence-corrected chi connectivity index (χ4v) is 4.36. The molecule has 5 rings (SSSR count). The van der Waals surface area contributed by atoms with Gasteiger partial charge in [-0.15, -0.1) is 0 Å². The molecule has 3 heteroatoms. The van der Waals surface area contributed by atoms with Crippen LogP contribution in [-0.2, 0) is 13.0 Å². The fourth-order valence-electron chi connectivity index (χ4n) is 4.36. The molecular formula is C20H19N3. The highest BCUT2D eigenvalue weighted by Gasteiger charge is 2.30. The third-order valence-electron chi connectivity index (χ3n) is 5.34. The number of benzene rings is 1. The Balaban J connectivity index is 1.63. The Kier molecular flexibility index (Phi) is 2.87. The van der Waals surface area contributed by atoms with Crippen molar-refractivity contribution in [2.75, 3.05) is 11.4 Å². The second kappa shape index (κ2) is 5.05. The Bertz CT molecular complexity index is 882. The molecule has 0 saturated heterocycles. The molecule has 3 heterocycles. The highest BCUT2D eigenvalue weighted by atomic mass is 15.2. The van der Waals surface area contributed by atoms with Crippen LogP contribution >= 0.6 is 0 Å². The zero-order valence-electron chi connectivity index (χ0n) is 13.1. The summed E-state index contributed by atoms with van der Waals surface area (Å²) in [5, 5.41) is 2.37. The highest BCUT2D eigenvalue weighted by Crippen LogP contribution is 2.40. The molecule has 0 spiro atoms. The van der Waals surface area contributed by atoms with Crippen LogP contribution in [0, 0.1) is 0 Å². The van der Waals surface area contributed by atoms with Gasteiger partial charge in [0.25, 0.3) is 0 Å². The minimum Gasteiger partial charge on any atom is -0.351 e. The van der Waals surface area contributed by atoms with Gasteiger partial charge in [-0.3, -0.25) is 4.98 Å². The smallest absolute Gasteiger partial charge is 0.138 e. The van der Waals surface area contributed by atoms with Gasteiger partial charge in [0, 0.05) is 43.0 Å². The molecule has 2 aliphatic rings. The molecule has 23 heavy (non-hydrogen) atoms. The fraction of sp³-hybridized carbons (Fsp3) is 0.300. The van der Waals surface area contributed by atoms with Crippen LogP contribution in [0.5, 0.6) is 0 Å². The molecule has 1 aromatic carbocycles. The largest absolute Gasteiger partial charge is 0.351 e. The Hall–Kier alpha value is -2.42. The van der Waals surface area contributed by atoms with Gasteiger partial charge in [-0.2, -0.15) is 0 Å². The van der Waals surface area contributed by atoms with E-state index in [0.29, 0.717) is 5.92 Å². The summed E-state index contributed by atoms with van der Waals surface area (Å²) in [5.74, 6) is 1.73. The van der Waals surface area contributed by atoms with Crippen molar-refractivity contribution < 1.29 is 0 Å². The first-order chi connectivity index (χ1) is 11.4. The van der Waals surface area contributed by atoms with Gasteiger partial charge in [0.2, 0.25) is 0 Å². The molecular weight excluding hydrogens is 282 g/mol. The molecule has 114 valence electrons. The molecule has 0 fully saturated rings. The molecule has 1 aliphatic carbocycles. The van der Waals surface area contributed by atoms with Crippen LogP contribution in [0.1, 0.15) is 35.4 Å². The summed E-state index contributed by atoms with van der Waals surface area (Å²) in [6, 6.07) is 11.0. The summed E-state index contributed by atoms with van der Waals surface area (Å²) in [7, 11) is 0. The normalized spacial score (nSPS) is 19.7. The summed E-state index contributed by atoms with van der Waals surface area (Å²) in [4.78, 5) is 11.5. The number of anilines is 1. The Morgan fingerprint density at radius 3 is 2.96 bits per heavy atom. The molecule has 1 atom stereocenters. The number of pyridine rings is 2. The number of hydrogen-bond acceptors (Lipinski definition) is 3. The third-order valence-corrected chi connectivity index (χ3v) is 5.34. The van der Waals surface area contributed by atoms with Gasteiger partial charge >= 0.3 is 0 Å². The second-order valence-corrected chi connectivity index (χ2v) is 6.69. The van der Waals surface area contributed by atoms with Crippen molar-refractivity contribution in [2.45, 2.75) is 31.7 Å². The monoisotopic (exact) mass is 301 g/mol. The maximum atomic E-state index is 4.70. The topological polar surface area (TPSA) is 29.0 Å².